The molecule has 1 aliphatic rings. The summed E-state index contributed by atoms with van der Waals surface area (Å²) in [6.07, 6.45) is 0.941. The van der Waals surface area contributed by atoms with Crippen molar-refractivity contribution in [3.63, 3.8) is 0 Å². The van der Waals surface area contributed by atoms with E-state index in [-0.39, 0.29) is 29.8 Å². The number of hydrogen-bond donors (Lipinski definition) is 0. The maximum Gasteiger partial charge on any atom is 0.434 e. The molecule has 0 saturated heterocycles. The third-order valence-corrected chi connectivity index (χ3v) is 6.97. The predicted octanol–water partition coefficient (Wildman–Crippen LogP) is 3.91. The number of pyridine rings is 1. The van der Waals surface area contributed by atoms with Crippen LogP contribution in [0.5, 0.6) is 17.5 Å². The molecule has 5 aromatic rings. The minimum atomic E-state index is -4.74. The Balaban J connectivity index is 1.36. The Morgan fingerprint density at radius 2 is 1.75 bits per heavy atom. The van der Waals surface area contributed by atoms with Gasteiger partial charge in [0.15, 0.2) is 17.0 Å². The van der Waals surface area contributed by atoms with E-state index in [0.29, 0.717) is 45.8 Å². The van der Waals surface area contributed by atoms with Gasteiger partial charge >= 0.3 is 6.18 Å². The molecule has 6 rings (SSSR count). The minimum Gasteiger partial charge on any atom is -0.496 e. The van der Waals surface area contributed by atoms with Crippen molar-refractivity contribution >= 4 is 34.6 Å². The number of nitrogens with zero attached hydrogens (tertiary/aromatic N) is 7. The van der Waals surface area contributed by atoms with Crippen molar-refractivity contribution in [2.75, 3.05) is 14.2 Å². The van der Waals surface area contributed by atoms with Gasteiger partial charge in [-0.2, -0.15) is 18.2 Å². The molecule has 0 unspecified atom stereocenters. The lowest BCUT2D eigenvalue weighted by Crippen LogP contribution is -2.35. The van der Waals surface area contributed by atoms with Gasteiger partial charge in [-0.15, -0.1) is 0 Å². The largest absolute Gasteiger partial charge is 0.496 e. The van der Waals surface area contributed by atoms with Gasteiger partial charge in [-0.05, 0) is 31.0 Å². The lowest BCUT2D eigenvalue weighted by Gasteiger charge is -2.25. The molecule has 10 nitrogen and oxygen atoms in total. The van der Waals surface area contributed by atoms with E-state index in [1.807, 2.05) is 0 Å². The Hall–Kier alpha value is -4.62. The van der Waals surface area contributed by atoms with Gasteiger partial charge in [0.25, 0.3) is 0 Å². The van der Waals surface area contributed by atoms with Gasteiger partial charge in [0.2, 0.25) is 11.8 Å². The highest BCUT2D eigenvalue weighted by Gasteiger charge is 2.36. The molecule has 6 radical (unpaired) electrons. The number of imidazole rings is 1. The molecule has 0 bridgehead atoms. The molecule has 44 heavy (non-hydrogen) atoms. The molecular formula is C28H21B3F3N7O3. The van der Waals surface area contributed by atoms with Crippen LogP contribution in [-0.4, -0.2) is 72.2 Å². The summed E-state index contributed by atoms with van der Waals surface area (Å²) in [6.45, 7) is -0.0413. The van der Waals surface area contributed by atoms with E-state index in [4.69, 9.17) is 47.7 Å². The van der Waals surface area contributed by atoms with E-state index in [9.17, 15) is 13.2 Å². The van der Waals surface area contributed by atoms with Gasteiger partial charge in [0, 0.05) is 29.4 Å². The zero-order valence-corrected chi connectivity index (χ0v) is 23.5. The van der Waals surface area contributed by atoms with Crippen molar-refractivity contribution < 1.29 is 27.4 Å². The summed E-state index contributed by atoms with van der Waals surface area (Å²) in [5.41, 5.74) is 1.91. The average Bonchev–Trinajstić information content (AvgIpc) is 3.74. The molecule has 0 amide bonds. The summed E-state index contributed by atoms with van der Waals surface area (Å²) in [5, 5.41) is -2.15. The second kappa shape index (κ2) is 11.1. The van der Waals surface area contributed by atoms with Gasteiger partial charge in [0.1, 0.15) is 30.1 Å². The number of fused-ring (bicyclic) bond motifs is 1. The number of hydrogen-bond acceptors (Lipinski definition) is 9. The molecule has 1 aliphatic carbocycles. The fourth-order valence-corrected chi connectivity index (χ4v) is 4.73. The highest BCUT2D eigenvalue weighted by Crippen LogP contribution is 2.45. The zero-order valence-electron chi connectivity index (χ0n) is 23.5. The van der Waals surface area contributed by atoms with Crippen LogP contribution in [0.1, 0.15) is 35.7 Å². The monoisotopic (exact) mass is 593 g/mol. The first kappa shape index (κ1) is 29.5. The van der Waals surface area contributed by atoms with Crippen molar-refractivity contribution in [3.05, 3.63) is 66.0 Å². The number of rotatable bonds is 9. The zero-order chi connectivity index (χ0) is 31.2. The molecule has 216 valence electrons. The predicted molar refractivity (Wildman–Crippen MR) is 156 cm³/mol. The summed E-state index contributed by atoms with van der Waals surface area (Å²) in [7, 11) is 20.1. The summed E-state index contributed by atoms with van der Waals surface area (Å²) >= 11 is 0. The Morgan fingerprint density at radius 1 is 0.955 bits per heavy atom. The van der Waals surface area contributed by atoms with Crippen molar-refractivity contribution in [1.29, 1.82) is 0 Å². The fourth-order valence-electron chi connectivity index (χ4n) is 4.73. The smallest absolute Gasteiger partial charge is 0.434 e. The first-order valence-electron chi connectivity index (χ1n) is 13.3. The first-order chi connectivity index (χ1) is 21.0. The molecule has 0 N–H and O–H groups in total. The molecule has 1 saturated carbocycles. The number of alkyl halides is 3. The van der Waals surface area contributed by atoms with Crippen molar-refractivity contribution in [3.8, 4) is 40.3 Å². The van der Waals surface area contributed by atoms with E-state index in [2.05, 4.69) is 19.9 Å². The lowest BCUT2D eigenvalue weighted by atomic mass is 9.49. The van der Waals surface area contributed by atoms with Gasteiger partial charge in [-0.1, -0.05) is 17.4 Å². The molecule has 4 heterocycles. The fraction of sp³-hybridized carbons (Fsp3) is 0.286. The van der Waals surface area contributed by atoms with Crippen LogP contribution in [0.2, 0.25) is 0 Å². The Morgan fingerprint density at radius 3 is 2.43 bits per heavy atom. The minimum absolute atomic E-state index is 0.0413. The highest BCUT2D eigenvalue weighted by atomic mass is 19.4. The maximum atomic E-state index is 13.4. The molecule has 0 aliphatic heterocycles. The van der Waals surface area contributed by atoms with Gasteiger partial charge < -0.3 is 18.8 Å². The van der Waals surface area contributed by atoms with Crippen molar-refractivity contribution in [1.82, 2.24) is 34.5 Å². The first-order valence-corrected chi connectivity index (χ1v) is 13.3. The number of halogens is 3. The topological polar surface area (TPSA) is 110 Å². The van der Waals surface area contributed by atoms with Crippen LogP contribution in [0.4, 0.5) is 13.2 Å². The third-order valence-electron chi connectivity index (χ3n) is 6.97. The second-order valence-corrected chi connectivity index (χ2v) is 10.2. The van der Waals surface area contributed by atoms with Crippen LogP contribution in [-0.2, 0) is 18.0 Å². The Kier molecular flexibility index (Phi) is 7.46. The van der Waals surface area contributed by atoms with E-state index >= 15 is 0 Å². The van der Waals surface area contributed by atoms with Gasteiger partial charge in [0.05, 0.1) is 49.0 Å². The number of methoxy groups -OCH3 is 2. The standard InChI is InChI=1S/C28H21B3F3N7O3/c1-42-18-10-15(24-39-19(27(32,33)34)11-41(24)28(29,30)31)7-8-16(18)12-44-26-22-17(4-3-9-35-22)38-23(40-26)20-21(14-5-6-14)36-13-37-25(20)43-2/h3-4,7-11,13-14H,5-6,12H2,1-2H3. The van der Waals surface area contributed by atoms with Gasteiger partial charge in [-0.25, -0.2) is 24.9 Å². The van der Waals surface area contributed by atoms with Crippen LogP contribution in [0.3, 0.4) is 0 Å². The second-order valence-electron chi connectivity index (χ2n) is 10.2. The summed E-state index contributed by atoms with van der Waals surface area (Å²) in [5.74, 6) is 1.21. The van der Waals surface area contributed by atoms with Crippen molar-refractivity contribution in [2.24, 2.45) is 0 Å². The van der Waals surface area contributed by atoms with Crippen LogP contribution in [0.15, 0.2) is 49.1 Å². The molecule has 0 spiro atoms. The quantitative estimate of drug-likeness (QED) is 0.235. The van der Waals surface area contributed by atoms with E-state index in [1.54, 1.807) is 24.4 Å². The average molecular weight is 593 g/mol. The number of benzene rings is 1. The Bertz CT molecular complexity index is 1860. The number of aromatic nitrogens is 7. The molecule has 0 atom stereocenters. The maximum absolute atomic E-state index is 13.4. The van der Waals surface area contributed by atoms with Crippen LogP contribution in [0.25, 0.3) is 33.8 Å². The summed E-state index contributed by atoms with van der Waals surface area (Å²) in [4.78, 5) is 26.2. The molecule has 1 aromatic carbocycles. The molecular weight excluding hydrogens is 572 g/mol. The normalized spacial score (nSPS) is 13.7. The third kappa shape index (κ3) is 5.68. The van der Waals surface area contributed by atoms with Crippen LogP contribution in [0, 0.1) is 0 Å². The lowest BCUT2D eigenvalue weighted by molar-refractivity contribution is -0.140. The van der Waals surface area contributed by atoms with Crippen LogP contribution >= 0.6 is 0 Å². The SMILES string of the molecule is [B]C([B])([B])n1cc(C(F)(F)F)nc1-c1ccc(COc2nc(-c3c(OC)ncnc3C3CC3)nc3cccnc23)c(OC)c1. The summed E-state index contributed by atoms with van der Waals surface area (Å²) < 4.78 is 58.4. The molecule has 16 heteroatoms. The molecule has 4 aromatic heterocycles. The number of ether oxygens (including phenoxy) is 3. The van der Waals surface area contributed by atoms with Crippen molar-refractivity contribution in [2.45, 2.75) is 36.8 Å². The highest BCUT2D eigenvalue weighted by molar-refractivity contribution is 6.56. The summed E-state index contributed by atoms with van der Waals surface area (Å²) in [6, 6.07) is 8.16. The van der Waals surface area contributed by atoms with E-state index in [0.717, 1.165) is 23.1 Å². The van der Waals surface area contributed by atoms with Gasteiger partial charge in [-0.3, -0.25) is 0 Å². The Labute approximate surface area is 253 Å². The van der Waals surface area contributed by atoms with E-state index in [1.165, 1.54) is 32.7 Å². The molecule has 1 fully saturated rings. The van der Waals surface area contributed by atoms with E-state index < -0.39 is 17.1 Å². The van der Waals surface area contributed by atoms with Crippen LogP contribution < -0.4 is 14.2 Å².